The second kappa shape index (κ2) is 7.60. The van der Waals surface area contributed by atoms with Gasteiger partial charge in [-0.15, -0.1) is 0 Å². The molecule has 0 saturated carbocycles. The molecule has 0 aliphatic heterocycles. The van der Waals surface area contributed by atoms with Gasteiger partial charge in [0, 0.05) is 22.5 Å². The Labute approximate surface area is 162 Å². The first-order valence-electron chi connectivity index (χ1n) is 8.69. The number of rotatable bonds is 4. The maximum Gasteiger partial charge on any atom is 0.252 e. The van der Waals surface area contributed by atoms with E-state index in [2.05, 4.69) is 5.32 Å². The first-order valence-corrected chi connectivity index (χ1v) is 9.07. The molecule has 0 fully saturated rings. The first-order chi connectivity index (χ1) is 13.2. The molecule has 0 saturated heterocycles. The summed E-state index contributed by atoms with van der Waals surface area (Å²) in [6.07, 6.45) is 0. The van der Waals surface area contributed by atoms with Gasteiger partial charge in [-0.3, -0.25) is 4.79 Å². The van der Waals surface area contributed by atoms with Crippen molar-refractivity contribution in [3.8, 4) is 11.3 Å². The molecule has 0 aliphatic rings. The van der Waals surface area contributed by atoms with Gasteiger partial charge in [0.1, 0.15) is 0 Å². The third-order valence-electron chi connectivity index (χ3n) is 4.43. The van der Waals surface area contributed by atoms with Gasteiger partial charge < -0.3 is 5.32 Å². The lowest BCUT2D eigenvalue weighted by atomic mass is 10.0. The van der Waals surface area contributed by atoms with E-state index in [1.54, 1.807) is 0 Å². The Bertz CT molecular complexity index is 1110. The van der Waals surface area contributed by atoms with Gasteiger partial charge in [-0.1, -0.05) is 78.3 Å². The normalized spacial score (nSPS) is 10.7. The number of carbonyl (C=O) groups is 1. The number of hydrogen-bond acceptors (Lipinski definition) is 2. The molecule has 4 rings (SSSR count). The lowest BCUT2D eigenvalue weighted by Crippen LogP contribution is -2.23. The largest absolute Gasteiger partial charge is 0.348 e. The molecule has 0 radical (unpaired) electrons. The Morgan fingerprint density at radius 3 is 2.41 bits per heavy atom. The zero-order valence-corrected chi connectivity index (χ0v) is 15.3. The number of benzene rings is 3. The number of halogens is 1. The number of carbonyl (C=O) groups excluding carboxylic acids is 1. The predicted molar refractivity (Wildman–Crippen MR) is 110 cm³/mol. The molecule has 0 unspecified atom stereocenters. The van der Waals surface area contributed by atoms with E-state index in [0.717, 1.165) is 27.7 Å². The minimum atomic E-state index is -0.147. The van der Waals surface area contributed by atoms with Crippen molar-refractivity contribution in [1.82, 2.24) is 10.3 Å². The average Bonchev–Trinajstić information content (AvgIpc) is 2.73. The molecule has 4 heteroatoms. The van der Waals surface area contributed by atoms with Crippen LogP contribution in [0, 0.1) is 0 Å². The highest BCUT2D eigenvalue weighted by Gasteiger charge is 2.14. The number of nitrogens with one attached hydrogen (secondary N) is 1. The monoisotopic (exact) mass is 372 g/mol. The van der Waals surface area contributed by atoms with Crippen molar-refractivity contribution in [2.24, 2.45) is 0 Å². The van der Waals surface area contributed by atoms with E-state index < -0.39 is 0 Å². The van der Waals surface area contributed by atoms with Gasteiger partial charge in [0.2, 0.25) is 0 Å². The van der Waals surface area contributed by atoms with Gasteiger partial charge in [-0.25, -0.2) is 4.98 Å². The van der Waals surface area contributed by atoms with Crippen LogP contribution in [0.2, 0.25) is 5.02 Å². The average molecular weight is 373 g/mol. The van der Waals surface area contributed by atoms with Crippen LogP contribution in [0.3, 0.4) is 0 Å². The first kappa shape index (κ1) is 17.3. The van der Waals surface area contributed by atoms with Crippen molar-refractivity contribution in [3.05, 3.63) is 101 Å². The van der Waals surface area contributed by atoms with E-state index in [-0.39, 0.29) is 5.91 Å². The van der Waals surface area contributed by atoms with Crippen molar-refractivity contribution in [1.29, 1.82) is 0 Å². The molecule has 4 aromatic rings. The van der Waals surface area contributed by atoms with Crippen LogP contribution in [0.5, 0.6) is 0 Å². The summed E-state index contributed by atoms with van der Waals surface area (Å²) < 4.78 is 0. The highest BCUT2D eigenvalue weighted by Crippen LogP contribution is 2.25. The molecule has 132 valence electrons. The highest BCUT2D eigenvalue weighted by molar-refractivity contribution is 6.31. The van der Waals surface area contributed by atoms with E-state index in [1.165, 1.54) is 0 Å². The number of para-hydroxylation sites is 1. The molecule has 0 bridgehead atoms. The third-order valence-corrected chi connectivity index (χ3v) is 4.80. The molecule has 1 aromatic heterocycles. The summed E-state index contributed by atoms with van der Waals surface area (Å²) in [6.45, 7) is 0.371. The standard InChI is InChI=1S/C23H17ClN2O/c24-20-12-6-4-10-17(20)15-25-23(27)19-14-22(16-8-2-1-3-9-16)26-21-13-7-5-11-18(19)21/h1-14H,15H2,(H,25,27). The maximum absolute atomic E-state index is 12.9. The van der Waals surface area contributed by atoms with E-state index in [4.69, 9.17) is 16.6 Å². The highest BCUT2D eigenvalue weighted by atomic mass is 35.5. The van der Waals surface area contributed by atoms with Crippen LogP contribution in [0.25, 0.3) is 22.2 Å². The lowest BCUT2D eigenvalue weighted by Gasteiger charge is -2.11. The number of hydrogen-bond donors (Lipinski definition) is 1. The summed E-state index contributed by atoms with van der Waals surface area (Å²) in [6, 6.07) is 26.9. The lowest BCUT2D eigenvalue weighted by molar-refractivity contribution is 0.0952. The Morgan fingerprint density at radius 2 is 1.59 bits per heavy atom. The smallest absolute Gasteiger partial charge is 0.252 e. The SMILES string of the molecule is O=C(NCc1ccccc1Cl)c1cc(-c2ccccc2)nc2ccccc12. The van der Waals surface area contributed by atoms with Crippen LogP contribution in [0.15, 0.2) is 84.9 Å². The quantitative estimate of drug-likeness (QED) is 0.515. The number of fused-ring (bicyclic) bond motifs is 1. The molecule has 1 amide bonds. The van der Waals surface area contributed by atoms with Crippen molar-refractivity contribution < 1.29 is 4.79 Å². The van der Waals surface area contributed by atoms with E-state index in [1.807, 2.05) is 84.9 Å². The molecule has 3 aromatic carbocycles. The van der Waals surface area contributed by atoms with Gasteiger partial charge in [-0.2, -0.15) is 0 Å². The summed E-state index contributed by atoms with van der Waals surface area (Å²) >= 11 is 6.19. The zero-order chi connectivity index (χ0) is 18.6. The van der Waals surface area contributed by atoms with Gasteiger partial charge in [0.15, 0.2) is 0 Å². The Balaban J connectivity index is 1.71. The van der Waals surface area contributed by atoms with Crippen LogP contribution < -0.4 is 5.32 Å². The molecule has 1 heterocycles. The van der Waals surface area contributed by atoms with Crippen molar-refractivity contribution in [2.75, 3.05) is 0 Å². The topological polar surface area (TPSA) is 42.0 Å². The van der Waals surface area contributed by atoms with Crippen molar-refractivity contribution >= 4 is 28.4 Å². The van der Waals surface area contributed by atoms with Gasteiger partial charge in [0.05, 0.1) is 16.8 Å². The predicted octanol–water partition coefficient (Wildman–Crippen LogP) is 5.49. The van der Waals surface area contributed by atoms with Crippen LogP contribution >= 0.6 is 11.6 Å². The van der Waals surface area contributed by atoms with E-state index >= 15 is 0 Å². The Kier molecular flexibility index (Phi) is 4.86. The Morgan fingerprint density at radius 1 is 0.889 bits per heavy atom. The van der Waals surface area contributed by atoms with Gasteiger partial charge >= 0.3 is 0 Å². The van der Waals surface area contributed by atoms with Crippen LogP contribution in [0.4, 0.5) is 0 Å². The fourth-order valence-electron chi connectivity index (χ4n) is 3.03. The summed E-state index contributed by atoms with van der Waals surface area (Å²) in [7, 11) is 0. The molecular weight excluding hydrogens is 356 g/mol. The summed E-state index contributed by atoms with van der Waals surface area (Å²) in [5.74, 6) is -0.147. The molecule has 0 aliphatic carbocycles. The number of nitrogens with zero attached hydrogens (tertiary/aromatic N) is 1. The van der Waals surface area contributed by atoms with Crippen molar-refractivity contribution in [2.45, 2.75) is 6.54 Å². The Hall–Kier alpha value is -3.17. The number of pyridine rings is 1. The zero-order valence-electron chi connectivity index (χ0n) is 14.5. The molecular formula is C23H17ClN2O. The molecule has 0 atom stereocenters. The minimum Gasteiger partial charge on any atom is -0.348 e. The van der Waals surface area contributed by atoms with Gasteiger partial charge in [0.25, 0.3) is 5.91 Å². The van der Waals surface area contributed by atoms with Crippen LogP contribution in [-0.2, 0) is 6.54 Å². The van der Waals surface area contributed by atoms with E-state index in [9.17, 15) is 4.79 Å². The van der Waals surface area contributed by atoms with Crippen LogP contribution in [0.1, 0.15) is 15.9 Å². The second-order valence-electron chi connectivity index (χ2n) is 6.21. The molecule has 27 heavy (non-hydrogen) atoms. The van der Waals surface area contributed by atoms with Crippen molar-refractivity contribution in [3.63, 3.8) is 0 Å². The second-order valence-corrected chi connectivity index (χ2v) is 6.62. The van der Waals surface area contributed by atoms with Gasteiger partial charge in [-0.05, 0) is 23.8 Å². The number of aromatic nitrogens is 1. The van der Waals surface area contributed by atoms with E-state index in [0.29, 0.717) is 17.1 Å². The minimum absolute atomic E-state index is 0.147. The fourth-order valence-corrected chi connectivity index (χ4v) is 3.24. The maximum atomic E-state index is 12.9. The summed E-state index contributed by atoms with van der Waals surface area (Å²) in [4.78, 5) is 17.7. The van der Waals surface area contributed by atoms with Crippen LogP contribution in [-0.4, -0.2) is 10.9 Å². The molecule has 1 N–H and O–H groups in total. The molecule has 0 spiro atoms. The number of amides is 1. The fraction of sp³-hybridized carbons (Fsp3) is 0.0435. The third kappa shape index (κ3) is 3.69. The summed E-state index contributed by atoms with van der Waals surface area (Å²) in [5.41, 5.74) is 4.03. The summed E-state index contributed by atoms with van der Waals surface area (Å²) in [5, 5.41) is 4.44. The molecule has 3 nitrogen and oxygen atoms in total.